The van der Waals surface area contributed by atoms with Crippen molar-refractivity contribution in [3.8, 4) is 17.0 Å². The summed E-state index contributed by atoms with van der Waals surface area (Å²) in [6, 6.07) is 8.04. The average molecular weight is 642 g/mol. The number of hydrogen-bond acceptors (Lipinski definition) is 9. The first kappa shape index (κ1) is 30.7. The number of rotatable bonds is 6. The number of benzene rings is 2. The molecule has 1 saturated heterocycles. The van der Waals surface area contributed by atoms with Crippen LogP contribution in [0.3, 0.4) is 0 Å². The molecule has 0 atom stereocenters. The Bertz CT molecular complexity index is 2040. The monoisotopic (exact) mass is 641 g/mol. The molecule has 1 N–H and O–H groups in total. The fourth-order valence-corrected chi connectivity index (χ4v) is 6.55. The molecule has 5 aromatic rings. The molecule has 13 heteroatoms. The van der Waals surface area contributed by atoms with Gasteiger partial charge in [-0.05, 0) is 67.5 Å². The van der Waals surface area contributed by atoms with Gasteiger partial charge in [0.2, 0.25) is 5.95 Å². The van der Waals surface area contributed by atoms with Crippen LogP contribution < -0.4 is 9.80 Å². The number of halogens is 2. The summed E-state index contributed by atoms with van der Waals surface area (Å²) in [6.07, 6.45) is 2.67. The normalized spacial score (nSPS) is 15.3. The van der Waals surface area contributed by atoms with Gasteiger partial charge in [0.25, 0.3) is 5.91 Å². The van der Waals surface area contributed by atoms with E-state index in [1.807, 2.05) is 30.6 Å². The van der Waals surface area contributed by atoms with E-state index in [4.69, 9.17) is 9.97 Å². The first-order chi connectivity index (χ1) is 22.5. The Morgan fingerprint density at radius 2 is 1.83 bits per heavy atom. The molecule has 7 rings (SSSR count). The Morgan fingerprint density at radius 1 is 1.04 bits per heavy atom. The molecule has 0 radical (unpaired) electrons. The van der Waals surface area contributed by atoms with Crippen LogP contribution in [0.1, 0.15) is 35.1 Å². The van der Waals surface area contributed by atoms with Crippen molar-refractivity contribution in [3.05, 3.63) is 65.1 Å². The summed E-state index contributed by atoms with van der Waals surface area (Å²) in [7, 11) is 7.43. The van der Waals surface area contributed by atoms with Crippen LogP contribution in [0, 0.1) is 11.6 Å². The third-order valence-corrected chi connectivity index (χ3v) is 9.23. The van der Waals surface area contributed by atoms with Gasteiger partial charge in [-0.3, -0.25) is 14.5 Å². The number of nitrogens with zero attached hydrogens (tertiary/aromatic N) is 9. The van der Waals surface area contributed by atoms with Crippen LogP contribution >= 0.6 is 0 Å². The Morgan fingerprint density at radius 3 is 2.55 bits per heavy atom. The minimum absolute atomic E-state index is 0.0233. The van der Waals surface area contributed by atoms with Crippen LogP contribution in [-0.2, 0) is 19.5 Å². The first-order valence-electron chi connectivity index (χ1n) is 15.8. The van der Waals surface area contributed by atoms with E-state index in [2.05, 4.69) is 19.9 Å². The largest absolute Gasteiger partial charge is 0.508 e. The molecule has 3 aromatic heterocycles. The molecule has 5 heterocycles. The van der Waals surface area contributed by atoms with Crippen molar-refractivity contribution < 1.29 is 18.7 Å². The van der Waals surface area contributed by atoms with Crippen LogP contribution in [0.2, 0.25) is 0 Å². The van der Waals surface area contributed by atoms with Crippen molar-refractivity contribution in [2.24, 2.45) is 0 Å². The van der Waals surface area contributed by atoms with E-state index in [9.17, 15) is 14.3 Å². The molecule has 2 aliphatic heterocycles. The third kappa shape index (κ3) is 5.28. The lowest BCUT2D eigenvalue weighted by Gasteiger charge is -2.43. The molecule has 11 nitrogen and oxygen atoms in total. The van der Waals surface area contributed by atoms with Crippen molar-refractivity contribution >= 4 is 39.3 Å². The van der Waals surface area contributed by atoms with E-state index in [0.717, 1.165) is 12.1 Å². The third-order valence-electron chi connectivity index (χ3n) is 9.23. The number of aryl methyl sites for hydroxylation is 2. The first-order valence-corrected chi connectivity index (χ1v) is 15.8. The zero-order valence-corrected chi connectivity index (χ0v) is 27.1. The zero-order valence-electron chi connectivity index (χ0n) is 27.1. The molecular formula is C34H37F2N9O2. The lowest BCUT2D eigenvalue weighted by molar-refractivity contribution is 0.0821. The zero-order chi connectivity index (χ0) is 33.1. The highest BCUT2D eigenvalue weighted by Crippen LogP contribution is 2.39. The number of phenols is 1. The van der Waals surface area contributed by atoms with Crippen molar-refractivity contribution in [1.82, 2.24) is 34.5 Å². The number of aromatic hydroxyl groups is 1. The van der Waals surface area contributed by atoms with Crippen LogP contribution in [0.4, 0.5) is 20.5 Å². The summed E-state index contributed by atoms with van der Waals surface area (Å²) in [5.41, 5.74) is 2.01. The van der Waals surface area contributed by atoms with Crippen molar-refractivity contribution in [3.63, 3.8) is 0 Å². The maximum atomic E-state index is 16.9. The standard InChI is InChI=1S/C34H37F2N9O2/c1-6-23-26(35)9-8-19-12-22(46)14-24(28(19)23)30-29(36)31-25(15-37-30)32(39-34(38-31)44-17-21(18-44)41(2)3)43-10-7-11-45-20(16-43)13-27(40-45)33(47)42(4)5/h8-9,12-15,21,46H,6-7,10-11,16-18H2,1-5H3. The number of anilines is 2. The van der Waals surface area contributed by atoms with E-state index < -0.39 is 11.6 Å². The fourth-order valence-electron chi connectivity index (χ4n) is 6.55. The Balaban J connectivity index is 1.39. The van der Waals surface area contributed by atoms with Gasteiger partial charge in [0, 0.05) is 58.1 Å². The predicted molar refractivity (Wildman–Crippen MR) is 177 cm³/mol. The summed E-state index contributed by atoms with van der Waals surface area (Å²) >= 11 is 0. The highest BCUT2D eigenvalue weighted by Gasteiger charge is 2.33. The van der Waals surface area contributed by atoms with Gasteiger partial charge in [0.1, 0.15) is 28.6 Å². The minimum atomic E-state index is -0.672. The molecule has 1 fully saturated rings. The number of hydrogen-bond donors (Lipinski definition) is 1. The number of amides is 1. The topological polar surface area (TPSA) is 107 Å². The molecule has 1 amide bonds. The minimum Gasteiger partial charge on any atom is -0.508 e. The van der Waals surface area contributed by atoms with E-state index in [1.165, 1.54) is 17.0 Å². The SMILES string of the molecule is CCc1c(F)ccc2cc(O)cc(-c3ncc4c(N5CCCn6nc(C(=O)N(C)C)cc6C5)nc(N5CC(N(C)C)C5)nc4c3F)c12. The van der Waals surface area contributed by atoms with Gasteiger partial charge < -0.3 is 24.7 Å². The lowest BCUT2D eigenvalue weighted by Crippen LogP contribution is -2.58. The highest BCUT2D eigenvalue weighted by molar-refractivity contribution is 6.02. The number of carbonyl (C=O) groups is 1. The molecule has 0 saturated carbocycles. The summed E-state index contributed by atoms with van der Waals surface area (Å²) in [5.74, 6) is -0.380. The van der Waals surface area contributed by atoms with E-state index in [0.29, 0.717) is 89.9 Å². The number of carbonyl (C=O) groups excluding carboxylic acids is 1. The quantitative estimate of drug-likeness (QED) is 0.288. The van der Waals surface area contributed by atoms with Crippen molar-refractivity contribution in [2.75, 3.05) is 57.6 Å². The van der Waals surface area contributed by atoms with E-state index >= 15 is 4.39 Å². The average Bonchev–Trinajstić information content (AvgIpc) is 3.30. The summed E-state index contributed by atoms with van der Waals surface area (Å²) in [4.78, 5) is 34.7. The number of likely N-dealkylation sites (N-methyl/N-ethyl adjacent to an activating group) is 1. The van der Waals surface area contributed by atoms with Crippen LogP contribution in [0.5, 0.6) is 5.75 Å². The van der Waals surface area contributed by atoms with Crippen LogP contribution in [-0.4, -0.2) is 99.4 Å². The van der Waals surface area contributed by atoms with Gasteiger partial charge in [-0.15, -0.1) is 0 Å². The van der Waals surface area contributed by atoms with Crippen LogP contribution in [0.15, 0.2) is 36.5 Å². The molecular weight excluding hydrogens is 604 g/mol. The second-order valence-electron chi connectivity index (χ2n) is 12.7. The van der Waals surface area contributed by atoms with E-state index in [1.54, 1.807) is 38.5 Å². The predicted octanol–water partition coefficient (Wildman–Crippen LogP) is 4.45. The molecule has 2 aromatic carbocycles. The molecule has 0 aliphatic carbocycles. The Labute approximate surface area is 271 Å². The number of phenolic OH excluding ortho intramolecular Hbond substituents is 1. The number of pyridine rings is 1. The van der Waals surface area contributed by atoms with Gasteiger partial charge in [-0.2, -0.15) is 10.1 Å². The summed E-state index contributed by atoms with van der Waals surface area (Å²) in [6.45, 7) is 4.86. The van der Waals surface area contributed by atoms with Crippen molar-refractivity contribution in [2.45, 2.75) is 38.9 Å². The highest BCUT2D eigenvalue weighted by atomic mass is 19.1. The molecule has 0 bridgehead atoms. The van der Waals surface area contributed by atoms with Crippen LogP contribution in [0.25, 0.3) is 32.9 Å². The second-order valence-corrected chi connectivity index (χ2v) is 12.7. The lowest BCUT2D eigenvalue weighted by atomic mass is 9.94. The Kier molecular flexibility index (Phi) is 7.66. The van der Waals surface area contributed by atoms with Gasteiger partial charge in [-0.25, -0.2) is 13.8 Å². The van der Waals surface area contributed by atoms with Gasteiger partial charge in [-0.1, -0.05) is 13.0 Å². The molecule has 2 aliphatic rings. The van der Waals surface area contributed by atoms with Gasteiger partial charge >= 0.3 is 0 Å². The van der Waals surface area contributed by atoms with E-state index in [-0.39, 0.29) is 22.9 Å². The Hall–Kier alpha value is -4.91. The molecule has 0 spiro atoms. The van der Waals surface area contributed by atoms with Crippen molar-refractivity contribution in [1.29, 1.82) is 0 Å². The molecule has 244 valence electrons. The number of aromatic nitrogens is 5. The fraction of sp³-hybridized carbons (Fsp3) is 0.382. The summed E-state index contributed by atoms with van der Waals surface area (Å²) < 4.78 is 33.8. The molecule has 47 heavy (non-hydrogen) atoms. The second kappa shape index (κ2) is 11.7. The molecule has 0 unspecified atom stereocenters. The smallest absolute Gasteiger partial charge is 0.273 e. The maximum absolute atomic E-state index is 16.9. The van der Waals surface area contributed by atoms with Gasteiger partial charge in [0.15, 0.2) is 11.5 Å². The number of fused-ring (bicyclic) bond motifs is 3. The summed E-state index contributed by atoms with van der Waals surface area (Å²) in [5, 5.41) is 16.7. The van der Waals surface area contributed by atoms with Gasteiger partial charge in [0.05, 0.1) is 17.6 Å². The maximum Gasteiger partial charge on any atom is 0.273 e.